The van der Waals surface area contributed by atoms with Crippen LogP contribution in [0.1, 0.15) is 37.2 Å². The number of ether oxygens (including phenoxy) is 1. The molecule has 1 aliphatic rings. The molecule has 4 nitrogen and oxygen atoms in total. The van der Waals surface area contributed by atoms with Gasteiger partial charge in [0.25, 0.3) is 0 Å². The van der Waals surface area contributed by atoms with Gasteiger partial charge in [-0.15, -0.1) is 11.6 Å². The Morgan fingerprint density at radius 1 is 1.55 bits per heavy atom. The number of pyridine rings is 1. The predicted octanol–water partition coefficient (Wildman–Crippen LogP) is 3.26. The highest BCUT2D eigenvalue weighted by molar-refractivity contribution is 6.17. The molecular weight excluding hydrogens is 274 g/mol. The summed E-state index contributed by atoms with van der Waals surface area (Å²) in [4.78, 5) is 9.29. The van der Waals surface area contributed by atoms with Gasteiger partial charge in [0.15, 0.2) is 5.65 Å². The Bertz CT molecular complexity index is 604. The van der Waals surface area contributed by atoms with Gasteiger partial charge in [-0.05, 0) is 38.3 Å². The third-order valence-electron chi connectivity index (χ3n) is 3.97. The minimum atomic E-state index is 0.246. The zero-order valence-electron chi connectivity index (χ0n) is 12.0. The summed E-state index contributed by atoms with van der Waals surface area (Å²) in [5.41, 5.74) is 3.03. The molecule has 1 fully saturated rings. The molecule has 2 atom stereocenters. The topological polar surface area (TPSA) is 39.9 Å². The van der Waals surface area contributed by atoms with Gasteiger partial charge in [0.05, 0.1) is 12.1 Å². The van der Waals surface area contributed by atoms with Gasteiger partial charge in [-0.1, -0.05) is 0 Å². The van der Waals surface area contributed by atoms with E-state index in [1.54, 1.807) is 0 Å². The summed E-state index contributed by atoms with van der Waals surface area (Å²) in [6, 6.07) is 2.33. The Kier molecular flexibility index (Phi) is 3.94. The SMILES string of the molecule is Cc1cnc2c(c1)nc(CCCl)n2C(C)C1CCCO1. The lowest BCUT2D eigenvalue weighted by Crippen LogP contribution is -2.23. The number of fused-ring (bicyclic) bond motifs is 1. The summed E-state index contributed by atoms with van der Waals surface area (Å²) in [5, 5.41) is 0. The van der Waals surface area contributed by atoms with E-state index in [-0.39, 0.29) is 12.1 Å². The van der Waals surface area contributed by atoms with Crippen LogP contribution in [0.25, 0.3) is 11.2 Å². The molecule has 3 heterocycles. The number of hydrogen-bond donors (Lipinski definition) is 0. The van der Waals surface area contributed by atoms with Crippen molar-refractivity contribution >= 4 is 22.8 Å². The molecule has 0 saturated carbocycles. The number of imidazole rings is 1. The fraction of sp³-hybridized carbons (Fsp3) is 0.600. The van der Waals surface area contributed by atoms with Crippen molar-refractivity contribution in [1.82, 2.24) is 14.5 Å². The Morgan fingerprint density at radius 2 is 2.40 bits per heavy atom. The molecule has 0 aromatic carbocycles. The number of aryl methyl sites for hydroxylation is 2. The predicted molar refractivity (Wildman–Crippen MR) is 80.4 cm³/mol. The molecule has 3 rings (SSSR count). The highest BCUT2D eigenvalue weighted by atomic mass is 35.5. The van der Waals surface area contributed by atoms with Gasteiger partial charge in [-0.25, -0.2) is 9.97 Å². The summed E-state index contributed by atoms with van der Waals surface area (Å²) < 4.78 is 8.05. The van der Waals surface area contributed by atoms with Crippen LogP contribution < -0.4 is 0 Å². The van der Waals surface area contributed by atoms with Crippen molar-refractivity contribution in [3.63, 3.8) is 0 Å². The van der Waals surface area contributed by atoms with Crippen molar-refractivity contribution in [3.8, 4) is 0 Å². The molecule has 0 amide bonds. The van der Waals surface area contributed by atoms with E-state index < -0.39 is 0 Å². The molecule has 0 aliphatic carbocycles. The van der Waals surface area contributed by atoms with Crippen molar-refractivity contribution in [2.75, 3.05) is 12.5 Å². The standard InChI is InChI=1S/C15H20ClN3O/c1-10-8-12-15(17-9-10)19(14(18-12)5-6-16)11(2)13-4-3-7-20-13/h8-9,11,13H,3-7H2,1-2H3. The number of aromatic nitrogens is 3. The Morgan fingerprint density at radius 3 is 3.10 bits per heavy atom. The van der Waals surface area contributed by atoms with Crippen LogP contribution >= 0.6 is 11.6 Å². The van der Waals surface area contributed by atoms with Gasteiger partial charge in [0.2, 0.25) is 0 Å². The molecular formula is C15H20ClN3O. The highest BCUT2D eigenvalue weighted by Crippen LogP contribution is 2.29. The fourth-order valence-electron chi connectivity index (χ4n) is 2.97. The van der Waals surface area contributed by atoms with Crippen LogP contribution in [-0.4, -0.2) is 33.1 Å². The average molecular weight is 294 g/mol. The molecule has 0 bridgehead atoms. The van der Waals surface area contributed by atoms with E-state index >= 15 is 0 Å². The molecule has 0 spiro atoms. The van der Waals surface area contributed by atoms with E-state index in [0.717, 1.165) is 48.4 Å². The molecule has 1 aliphatic heterocycles. The number of hydrogen-bond acceptors (Lipinski definition) is 3. The smallest absolute Gasteiger partial charge is 0.160 e. The van der Waals surface area contributed by atoms with E-state index in [2.05, 4.69) is 22.5 Å². The molecule has 1 saturated heterocycles. The van der Waals surface area contributed by atoms with Crippen molar-refractivity contribution in [2.45, 2.75) is 45.3 Å². The van der Waals surface area contributed by atoms with Gasteiger partial charge in [-0.3, -0.25) is 0 Å². The van der Waals surface area contributed by atoms with Gasteiger partial charge < -0.3 is 9.30 Å². The molecule has 2 aromatic rings. The van der Waals surface area contributed by atoms with Crippen LogP contribution in [-0.2, 0) is 11.2 Å². The minimum Gasteiger partial charge on any atom is -0.376 e. The molecule has 2 aromatic heterocycles. The Balaban J connectivity index is 2.07. The first-order valence-electron chi connectivity index (χ1n) is 7.21. The first-order valence-corrected chi connectivity index (χ1v) is 7.75. The quantitative estimate of drug-likeness (QED) is 0.812. The van der Waals surface area contributed by atoms with E-state index in [9.17, 15) is 0 Å². The number of halogens is 1. The number of nitrogens with zero attached hydrogens (tertiary/aromatic N) is 3. The van der Waals surface area contributed by atoms with Crippen molar-refractivity contribution < 1.29 is 4.74 Å². The Hall–Kier alpha value is -1.13. The second-order valence-electron chi connectivity index (χ2n) is 5.48. The third kappa shape index (κ3) is 2.42. The van der Waals surface area contributed by atoms with E-state index in [0.29, 0.717) is 5.88 Å². The third-order valence-corrected chi connectivity index (χ3v) is 4.16. The van der Waals surface area contributed by atoms with Crippen LogP contribution in [0.2, 0.25) is 0 Å². The van der Waals surface area contributed by atoms with Gasteiger partial charge >= 0.3 is 0 Å². The second kappa shape index (κ2) is 5.70. The maximum absolute atomic E-state index is 5.93. The first-order chi connectivity index (χ1) is 9.70. The summed E-state index contributed by atoms with van der Waals surface area (Å²) in [6.45, 7) is 5.09. The van der Waals surface area contributed by atoms with Gasteiger partial charge in [0.1, 0.15) is 11.3 Å². The second-order valence-corrected chi connectivity index (χ2v) is 5.86. The number of alkyl halides is 1. The summed E-state index contributed by atoms with van der Waals surface area (Å²) in [7, 11) is 0. The van der Waals surface area contributed by atoms with Gasteiger partial charge in [-0.2, -0.15) is 0 Å². The van der Waals surface area contributed by atoms with Crippen molar-refractivity contribution in [3.05, 3.63) is 23.7 Å². The zero-order chi connectivity index (χ0) is 14.1. The molecule has 20 heavy (non-hydrogen) atoms. The molecule has 0 radical (unpaired) electrons. The number of rotatable bonds is 4. The lowest BCUT2D eigenvalue weighted by atomic mass is 10.1. The largest absolute Gasteiger partial charge is 0.376 e. The maximum Gasteiger partial charge on any atom is 0.160 e. The van der Waals surface area contributed by atoms with Crippen LogP contribution in [0.3, 0.4) is 0 Å². The normalized spacial score (nSPS) is 20.6. The summed E-state index contributed by atoms with van der Waals surface area (Å²) in [5.74, 6) is 1.58. The lowest BCUT2D eigenvalue weighted by Gasteiger charge is -2.22. The van der Waals surface area contributed by atoms with Gasteiger partial charge in [0, 0.05) is 25.1 Å². The van der Waals surface area contributed by atoms with Crippen molar-refractivity contribution in [2.24, 2.45) is 0 Å². The van der Waals surface area contributed by atoms with E-state index in [1.165, 1.54) is 0 Å². The van der Waals surface area contributed by atoms with Crippen LogP contribution in [0.15, 0.2) is 12.3 Å². The highest BCUT2D eigenvalue weighted by Gasteiger charge is 2.27. The molecule has 108 valence electrons. The van der Waals surface area contributed by atoms with E-state index in [1.807, 2.05) is 13.1 Å². The molecule has 5 heteroatoms. The maximum atomic E-state index is 5.93. The monoisotopic (exact) mass is 293 g/mol. The summed E-state index contributed by atoms with van der Waals surface area (Å²) in [6.07, 6.45) is 5.15. The molecule has 2 unspecified atom stereocenters. The van der Waals surface area contributed by atoms with Crippen LogP contribution in [0.5, 0.6) is 0 Å². The van der Waals surface area contributed by atoms with Crippen molar-refractivity contribution in [1.29, 1.82) is 0 Å². The average Bonchev–Trinajstić information content (AvgIpc) is 3.05. The Labute approximate surface area is 124 Å². The minimum absolute atomic E-state index is 0.246. The van der Waals surface area contributed by atoms with Crippen LogP contribution in [0.4, 0.5) is 0 Å². The summed E-state index contributed by atoms with van der Waals surface area (Å²) >= 11 is 5.93. The van der Waals surface area contributed by atoms with Crippen LogP contribution in [0, 0.1) is 6.92 Å². The lowest BCUT2D eigenvalue weighted by molar-refractivity contribution is 0.0735. The first kappa shape index (κ1) is 13.8. The fourth-order valence-corrected chi connectivity index (χ4v) is 3.14. The zero-order valence-corrected chi connectivity index (χ0v) is 12.7. The molecule has 0 N–H and O–H groups in total. The van der Waals surface area contributed by atoms with E-state index in [4.69, 9.17) is 21.3 Å².